The highest BCUT2D eigenvalue weighted by Gasteiger charge is 2.12. The molecular formula is C10H10ClNO4S. The minimum atomic E-state index is -3.44. The molecule has 1 rings (SSSR count). The van der Waals surface area contributed by atoms with Crippen LogP contribution in [0.15, 0.2) is 29.2 Å². The fourth-order valence-corrected chi connectivity index (χ4v) is 2.31. The number of hydroxylamine groups is 1. The number of carbonyl (C=O) groups excluding carboxylic acids is 1. The highest BCUT2D eigenvalue weighted by Crippen LogP contribution is 2.21. The Balaban J connectivity index is 3.26. The van der Waals surface area contributed by atoms with Gasteiger partial charge in [-0.2, -0.15) is 0 Å². The topological polar surface area (TPSA) is 83.5 Å². The van der Waals surface area contributed by atoms with E-state index in [4.69, 9.17) is 16.8 Å². The first-order valence-electron chi connectivity index (χ1n) is 4.46. The summed E-state index contributed by atoms with van der Waals surface area (Å²) in [6.07, 6.45) is 3.33. The normalized spacial score (nSPS) is 11.7. The summed E-state index contributed by atoms with van der Waals surface area (Å²) in [6, 6.07) is 4.28. The van der Waals surface area contributed by atoms with Crippen molar-refractivity contribution in [3.8, 4) is 0 Å². The largest absolute Gasteiger partial charge is 0.288 e. The van der Waals surface area contributed by atoms with Crippen LogP contribution in [-0.4, -0.2) is 25.8 Å². The van der Waals surface area contributed by atoms with Gasteiger partial charge in [-0.3, -0.25) is 10.0 Å². The number of halogens is 1. The number of carbonyl (C=O) groups is 1. The molecule has 17 heavy (non-hydrogen) atoms. The summed E-state index contributed by atoms with van der Waals surface area (Å²) in [7, 11) is -3.44. The second-order valence-electron chi connectivity index (χ2n) is 3.26. The van der Waals surface area contributed by atoms with Crippen LogP contribution in [0.4, 0.5) is 0 Å². The van der Waals surface area contributed by atoms with Gasteiger partial charge in [0.2, 0.25) is 0 Å². The first-order valence-corrected chi connectivity index (χ1v) is 6.73. The molecule has 0 bridgehead atoms. The van der Waals surface area contributed by atoms with Crippen LogP contribution in [0.5, 0.6) is 0 Å². The number of rotatable bonds is 3. The fraction of sp³-hybridized carbons (Fsp3) is 0.100. The minimum absolute atomic E-state index is 0.0204. The van der Waals surface area contributed by atoms with Crippen LogP contribution in [0.1, 0.15) is 5.56 Å². The zero-order valence-corrected chi connectivity index (χ0v) is 10.4. The van der Waals surface area contributed by atoms with Gasteiger partial charge in [-0.25, -0.2) is 13.9 Å². The minimum Gasteiger partial charge on any atom is -0.288 e. The molecule has 1 aromatic carbocycles. The Morgan fingerprint density at radius 1 is 1.47 bits per heavy atom. The van der Waals surface area contributed by atoms with Gasteiger partial charge in [0.25, 0.3) is 5.91 Å². The van der Waals surface area contributed by atoms with Gasteiger partial charge in [0, 0.05) is 17.4 Å². The van der Waals surface area contributed by atoms with Crippen molar-refractivity contribution in [2.24, 2.45) is 0 Å². The molecule has 0 aliphatic rings. The Kier molecular flexibility index (Phi) is 4.28. The van der Waals surface area contributed by atoms with Crippen molar-refractivity contribution < 1.29 is 18.4 Å². The van der Waals surface area contributed by atoms with E-state index < -0.39 is 15.7 Å². The van der Waals surface area contributed by atoms with E-state index in [0.717, 1.165) is 12.3 Å². The van der Waals surface area contributed by atoms with Crippen LogP contribution in [-0.2, 0) is 14.6 Å². The van der Waals surface area contributed by atoms with Crippen molar-refractivity contribution >= 4 is 33.4 Å². The van der Waals surface area contributed by atoms with Crippen LogP contribution in [0.25, 0.3) is 6.08 Å². The monoisotopic (exact) mass is 275 g/mol. The number of benzene rings is 1. The van der Waals surface area contributed by atoms with Crippen LogP contribution in [0, 0.1) is 0 Å². The standard InChI is InChI=1S/C10H10ClNO4S/c1-17(15,16)9-6-8(11)4-2-7(9)3-5-10(13)12-14/h2-6,14H,1H3,(H,12,13)/b5-3+. The molecular weight excluding hydrogens is 266 g/mol. The summed E-state index contributed by atoms with van der Waals surface area (Å²) < 4.78 is 23.0. The molecule has 0 aliphatic carbocycles. The molecule has 92 valence electrons. The summed E-state index contributed by atoms with van der Waals surface area (Å²) in [6.45, 7) is 0. The van der Waals surface area contributed by atoms with E-state index in [0.29, 0.717) is 5.56 Å². The summed E-state index contributed by atoms with van der Waals surface area (Å²) in [5.74, 6) is -0.751. The number of nitrogens with one attached hydrogen (secondary N) is 1. The maximum atomic E-state index is 11.5. The van der Waals surface area contributed by atoms with Gasteiger partial charge in [0.1, 0.15) is 0 Å². The number of amides is 1. The zero-order chi connectivity index (χ0) is 13.1. The molecule has 0 spiro atoms. The SMILES string of the molecule is CS(=O)(=O)c1cc(Cl)ccc1/C=C/C(=O)NO. The summed E-state index contributed by atoms with van der Waals surface area (Å²) in [4.78, 5) is 10.8. The van der Waals surface area contributed by atoms with E-state index >= 15 is 0 Å². The van der Waals surface area contributed by atoms with Crippen molar-refractivity contribution in [2.75, 3.05) is 6.26 Å². The summed E-state index contributed by atoms with van der Waals surface area (Å²) in [5.41, 5.74) is 1.72. The highest BCUT2D eigenvalue weighted by atomic mass is 35.5. The molecule has 0 fully saturated rings. The van der Waals surface area contributed by atoms with Crippen LogP contribution in [0.3, 0.4) is 0 Å². The lowest BCUT2D eigenvalue weighted by Crippen LogP contribution is -2.14. The van der Waals surface area contributed by atoms with Gasteiger partial charge in [0.05, 0.1) is 4.90 Å². The Morgan fingerprint density at radius 2 is 2.12 bits per heavy atom. The zero-order valence-electron chi connectivity index (χ0n) is 8.84. The van der Waals surface area contributed by atoms with Crippen molar-refractivity contribution in [3.63, 3.8) is 0 Å². The van der Waals surface area contributed by atoms with Crippen LogP contribution < -0.4 is 5.48 Å². The van der Waals surface area contributed by atoms with E-state index in [1.165, 1.54) is 29.8 Å². The number of sulfone groups is 1. The average Bonchev–Trinajstić information content (AvgIpc) is 2.25. The number of hydrogen-bond donors (Lipinski definition) is 2. The molecule has 0 radical (unpaired) electrons. The van der Waals surface area contributed by atoms with Gasteiger partial charge in [0.15, 0.2) is 9.84 Å². The number of hydrogen-bond acceptors (Lipinski definition) is 4. The predicted molar refractivity (Wildman–Crippen MR) is 63.5 cm³/mol. The third-order valence-electron chi connectivity index (χ3n) is 1.90. The Hall–Kier alpha value is -1.37. The second-order valence-corrected chi connectivity index (χ2v) is 5.68. The Bertz CT molecular complexity index is 566. The summed E-state index contributed by atoms with van der Waals surface area (Å²) >= 11 is 5.71. The molecule has 0 saturated heterocycles. The fourth-order valence-electron chi connectivity index (χ4n) is 1.17. The van der Waals surface area contributed by atoms with Gasteiger partial charge in [-0.15, -0.1) is 0 Å². The van der Waals surface area contributed by atoms with E-state index in [9.17, 15) is 13.2 Å². The van der Waals surface area contributed by atoms with Gasteiger partial charge in [-0.05, 0) is 23.8 Å². The molecule has 0 saturated carbocycles. The summed E-state index contributed by atoms with van der Waals surface area (Å²) in [5, 5.41) is 8.58. The third-order valence-corrected chi connectivity index (χ3v) is 3.29. The average molecular weight is 276 g/mol. The van der Waals surface area contributed by atoms with Crippen LogP contribution in [0.2, 0.25) is 5.02 Å². The quantitative estimate of drug-likeness (QED) is 0.494. The molecule has 1 aromatic rings. The molecule has 1 amide bonds. The molecule has 0 heterocycles. The molecule has 0 aromatic heterocycles. The van der Waals surface area contributed by atoms with E-state index in [2.05, 4.69) is 0 Å². The lowest BCUT2D eigenvalue weighted by molar-refractivity contribution is -0.124. The maximum Gasteiger partial charge on any atom is 0.267 e. The highest BCUT2D eigenvalue weighted by molar-refractivity contribution is 7.90. The van der Waals surface area contributed by atoms with Crippen molar-refractivity contribution in [2.45, 2.75) is 4.90 Å². The molecule has 2 N–H and O–H groups in total. The lowest BCUT2D eigenvalue weighted by Gasteiger charge is -2.04. The lowest BCUT2D eigenvalue weighted by atomic mass is 10.2. The first-order chi connectivity index (χ1) is 7.84. The van der Waals surface area contributed by atoms with Gasteiger partial charge in [-0.1, -0.05) is 17.7 Å². The van der Waals surface area contributed by atoms with E-state index in [1.54, 1.807) is 0 Å². The Morgan fingerprint density at radius 3 is 2.65 bits per heavy atom. The van der Waals surface area contributed by atoms with Gasteiger partial charge < -0.3 is 0 Å². The third kappa shape index (κ3) is 3.85. The molecule has 7 heteroatoms. The Labute approximate surface area is 104 Å². The molecule has 0 unspecified atom stereocenters. The van der Waals surface area contributed by atoms with Crippen LogP contribution >= 0.6 is 11.6 Å². The maximum absolute atomic E-state index is 11.5. The molecule has 5 nitrogen and oxygen atoms in total. The van der Waals surface area contributed by atoms with Crippen molar-refractivity contribution in [1.82, 2.24) is 5.48 Å². The molecule has 0 atom stereocenters. The van der Waals surface area contributed by atoms with Gasteiger partial charge >= 0.3 is 0 Å². The van der Waals surface area contributed by atoms with Crippen molar-refractivity contribution in [3.05, 3.63) is 34.9 Å². The predicted octanol–water partition coefficient (Wildman–Crippen LogP) is 1.26. The van der Waals surface area contributed by atoms with E-state index in [-0.39, 0.29) is 9.92 Å². The first kappa shape index (κ1) is 13.7. The smallest absolute Gasteiger partial charge is 0.267 e. The second kappa shape index (κ2) is 5.31. The van der Waals surface area contributed by atoms with E-state index in [1.807, 2.05) is 0 Å². The molecule has 0 aliphatic heterocycles. The van der Waals surface area contributed by atoms with Crippen molar-refractivity contribution in [1.29, 1.82) is 0 Å².